The Morgan fingerprint density at radius 1 is 0.829 bits per heavy atom. The van der Waals surface area contributed by atoms with Crippen molar-refractivity contribution >= 4 is 50.7 Å². The lowest BCUT2D eigenvalue weighted by molar-refractivity contribution is -0.384. The molecule has 204 valence electrons. The second kappa shape index (κ2) is 11.4. The summed E-state index contributed by atoms with van der Waals surface area (Å²) in [5, 5.41) is 16.7. The number of nitro groups is 1. The van der Waals surface area contributed by atoms with Gasteiger partial charge in [-0.15, -0.1) is 0 Å². The molecule has 0 spiro atoms. The van der Waals surface area contributed by atoms with Crippen LogP contribution in [0.1, 0.15) is 53.0 Å². The molecule has 5 aromatic rings. The highest BCUT2D eigenvalue weighted by Gasteiger charge is 2.19. The molecule has 0 saturated carbocycles. The van der Waals surface area contributed by atoms with Crippen LogP contribution in [0, 0.1) is 10.1 Å². The summed E-state index contributed by atoms with van der Waals surface area (Å²) in [5.74, 6) is -1.22. The molecule has 0 aliphatic carbocycles. The normalized spacial score (nSPS) is 11.5. The number of benzene rings is 4. The molecule has 5 rings (SSSR count). The standard InChI is InChI=1S/C32H25N3O6/c1-3-7-28(33-41-20(2)36)32(38)23-14-17-30-27(19-23)26-10-4-5-11-29(26)34(30)24-15-12-21(13-16-24)31(37)22-8-6-9-25(18-22)35(39)40/h4-6,8-19H,3,7H2,1-2H3. The quantitative estimate of drug-likeness (QED) is 0.0656. The summed E-state index contributed by atoms with van der Waals surface area (Å²) < 4.78 is 2.04. The van der Waals surface area contributed by atoms with Gasteiger partial charge in [0.1, 0.15) is 5.71 Å². The van der Waals surface area contributed by atoms with Crippen LogP contribution in [0.25, 0.3) is 27.5 Å². The summed E-state index contributed by atoms with van der Waals surface area (Å²) in [6.07, 6.45) is 1.03. The molecule has 0 fully saturated rings. The van der Waals surface area contributed by atoms with E-state index in [1.54, 1.807) is 24.3 Å². The number of rotatable bonds is 9. The van der Waals surface area contributed by atoms with Crippen molar-refractivity contribution in [3.8, 4) is 5.69 Å². The van der Waals surface area contributed by atoms with Crippen LogP contribution >= 0.6 is 0 Å². The Morgan fingerprint density at radius 3 is 2.24 bits per heavy atom. The third-order valence-electron chi connectivity index (χ3n) is 6.67. The van der Waals surface area contributed by atoms with Crippen molar-refractivity contribution < 1.29 is 24.1 Å². The molecule has 0 N–H and O–H groups in total. The molecule has 1 heterocycles. The zero-order valence-corrected chi connectivity index (χ0v) is 22.4. The van der Waals surface area contributed by atoms with Gasteiger partial charge in [0.25, 0.3) is 5.69 Å². The highest BCUT2D eigenvalue weighted by molar-refractivity contribution is 6.46. The largest absolute Gasteiger partial charge is 0.331 e. The SMILES string of the molecule is CCCC(=NOC(C)=O)C(=O)c1ccc2c(c1)c1ccccc1n2-c1ccc(C(=O)c2cccc([N+](=O)[O-])c2)cc1. The molecule has 9 heteroatoms. The van der Waals surface area contributed by atoms with Gasteiger partial charge in [-0.2, -0.15) is 0 Å². The Labute approximate surface area is 234 Å². The van der Waals surface area contributed by atoms with Gasteiger partial charge in [0.05, 0.1) is 16.0 Å². The Balaban J connectivity index is 1.55. The maximum atomic E-state index is 13.3. The van der Waals surface area contributed by atoms with Crippen molar-refractivity contribution in [3.05, 3.63) is 118 Å². The predicted molar refractivity (Wildman–Crippen MR) is 156 cm³/mol. The number of hydrogen-bond donors (Lipinski definition) is 0. The molecule has 0 bridgehead atoms. The van der Waals surface area contributed by atoms with Crippen LogP contribution in [0.15, 0.2) is 96.2 Å². The Bertz CT molecular complexity index is 1870. The van der Waals surface area contributed by atoms with E-state index in [0.717, 1.165) is 27.5 Å². The van der Waals surface area contributed by atoms with E-state index in [1.807, 2.05) is 60.0 Å². The summed E-state index contributed by atoms with van der Waals surface area (Å²) in [5.41, 5.74) is 3.66. The number of aromatic nitrogens is 1. The third kappa shape index (κ3) is 5.38. The van der Waals surface area contributed by atoms with Gasteiger partial charge in [-0.05, 0) is 55.0 Å². The molecule has 9 nitrogen and oxygen atoms in total. The van der Waals surface area contributed by atoms with Crippen LogP contribution in [0.2, 0.25) is 0 Å². The first-order chi connectivity index (χ1) is 19.8. The number of fused-ring (bicyclic) bond motifs is 3. The van der Waals surface area contributed by atoms with E-state index in [0.29, 0.717) is 24.0 Å². The molecule has 0 aliphatic heterocycles. The molecule has 0 aliphatic rings. The minimum absolute atomic E-state index is 0.143. The average molecular weight is 548 g/mol. The lowest BCUT2D eigenvalue weighted by atomic mass is 10.0. The van der Waals surface area contributed by atoms with E-state index in [-0.39, 0.29) is 28.5 Å². The number of oxime groups is 1. The number of nitrogens with zero attached hydrogens (tertiary/aromatic N) is 3. The van der Waals surface area contributed by atoms with E-state index in [2.05, 4.69) is 5.16 Å². The van der Waals surface area contributed by atoms with Gasteiger partial charge in [-0.1, -0.05) is 48.8 Å². The maximum Gasteiger partial charge on any atom is 0.331 e. The highest BCUT2D eigenvalue weighted by atomic mass is 16.7. The fourth-order valence-corrected chi connectivity index (χ4v) is 4.80. The van der Waals surface area contributed by atoms with Gasteiger partial charge in [0, 0.05) is 52.2 Å². The van der Waals surface area contributed by atoms with Crippen molar-refractivity contribution in [2.75, 3.05) is 0 Å². The maximum absolute atomic E-state index is 13.3. The molecular weight excluding hydrogens is 522 g/mol. The second-order valence-corrected chi connectivity index (χ2v) is 9.47. The van der Waals surface area contributed by atoms with Crippen LogP contribution < -0.4 is 0 Å². The zero-order valence-electron chi connectivity index (χ0n) is 22.4. The molecule has 4 aromatic carbocycles. The van der Waals surface area contributed by atoms with Crippen LogP contribution in [-0.2, 0) is 9.63 Å². The smallest absolute Gasteiger partial charge is 0.318 e. The number of ketones is 2. The number of carbonyl (C=O) groups excluding carboxylic acids is 3. The fourth-order valence-electron chi connectivity index (χ4n) is 4.80. The van der Waals surface area contributed by atoms with Gasteiger partial charge < -0.3 is 9.40 Å². The number of Topliss-reactive ketones (excluding diaryl/α,β-unsaturated/α-hetero) is 1. The number of non-ortho nitro benzene ring substituents is 1. The van der Waals surface area contributed by atoms with E-state index >= 15 is 0 Å². The van der Waals surface area contributed by atoms with Crippen LogP contribution in [-0.4, -0.2) is 32.7 Å². The lowest BCUT2D eigenvalue weighted by Crippen LogP contribution is -2.15. The minimum atomic E-state index is -0.595. The van der Waals surface area contributed by atoms with Crippen molar-refractivity contribution in [2.45, 2.75) is 26.7 Å². The molecule has 1 aromatic heterocycles. The Hall–Kier alpha value is -5.44. The van der Waals surface area contributed by atoms with Gasteiger partial charge in [-0.25, -0.2) is 4.79 Å². The molecule has 0 unspecified atom stereocenters. The summed E-state index contributed by atoms with van der Waals surface area (Å²) in [4.78, 5) is 52.9. The van der Waals surface area contributed by atoms with E-state index in [1.165, 1.54) is 25.1 Å². The lowest BCUT2D eigenvalue weighted by Gasteiger charge is -2.09. The first-order valence-electron chi connectivity index (χ1n) is 13.0. The fraction of sp³-hybridized carbons (Fsp3) is 0.125. The van der Waals surface area contributed by atoms with Crippen molar-refractivity contribution in [2.24, 2.45) is 5.16 Å². The number of para-hydroxylation sites is 1. The van der Waals surface area contributed by atoms with E-state index < -0.39 is 10.9 Å². The summed E-state index contributed by atoms with van der Waals surface area (Å²) in [7, 11) is 0. The first kappa shape index (κ1) is 27.1. The molecule has 0 saturated heterocycles. The van der Waals surface area contributed by atoms with Crippen molar-refractivity contribution in [1.29, 1.82) is 0 Å². The number of carbonyl (C=O) groups is 3. The average Bonchev–Trinajstić information content (AvgIpc) is 3.32. The zero-order chi connectivity index (χ0) is 29.1. The van der Waals surface area contributed by atoms with Crippen LogP contribution in [0.4, 0.5) is 5.69 Å². The van der Waals surface area contributed by atoms with Gasteiger partial charge >= 0.3 is 5.97 Å². The molecule has 0 amide bonds. The minimum Gasteiger partial charge on any atom is -0.318 e. The van der Waals surface area contributed by atoms with Gasteiger partial charge in [0.15, 0.2) is 5.78 Å². The van der Waals surface area contributed by atoms with Crippen LogP contribution in [0.5, 0.6) is 0 Å². The van der Waals surface area contributed by atoms with Crippen molar-refractivity contribution in [1.82, 2.24) is 4.57 Å². The second-order valence-electron chi connectivity index (χ2n) is 9.47. The summed E-state index contributed by atoms with van der Waals surface area (Å²) in [6, 6.07) is 25.9. The topological polar surface area (TPSA) is 121 Å². The predicted octanol–water partition coefficient (Wildman–Crippen LogP) is 6.82. The molecule has 0 atom stereocenters. The Morgan fingerprint density at radius 2 is 1.54 bits per heavy atom. The monoisotopic (exact) mass is 547 g/mol. The third-order valence-corrected chi connectivity index (χ3v) is 6.67. The molecule has 0 radical (unpaired) electrons. The molecule has 41 heavy (non-hydrogen) atoms. The van der Waals surface area contributed by atoms with Crippen LogP contribution in [0.3, 0.4) is 0 Å². The van der Waals surface area contributed by atoms with E-state index in [4.69, 9.17) is 4.84 Å². The summed E-state index contributed by atoms with van der Waals surface area (Å²) in [6.45, 7) is 3.14. The number of hydrogen-bond acceptors (Lipinski definition) is 7. The van der Waals surface area contributed by atoms with Gasteiger partial charge in [-0.3, -0.25) is 19.7 Å². The summed E-state index contributed by atoms with van der Waals surface area (Å²) >= 11 is 0. The van der Waals surface area contributed by atoms with Gasteiger partial charge in [0.2, 0.25) is 5.78 Å². The Kier molecular flexibility index (Phi) is 7.51. The first-order valence-corrected chi connectivity index (χ1v) is 13.0. The highest BCUT2D eigenvalue weighted by Crippen LogP contribution is 2.33. The van der Waals surface area contributed by atoms with Crippen molar-refractivity contribution in [3.63, 3.8) is 0 Å². The van der Waals surface area contributed by atoms with E-state index in [9.17, 15) is 24.5 Å². The number of nitro benzene ring substituents is 1. The molecular formula is C32H25N3O6.